The molecule has 0 bridgehead atoms. The second kappa shape index (κ2) is 8.83. The number of carbonyl (C=O) groups is 2. The van der Waals surface area contributed by atoms with Gasteiger partial charge >= 0.3 is 6.09 Å². The highest BCUT2D eigenvalue weighted by Crippen LogP contribution is 2.24. The Morgan fingerprint density at radius 1 is 1.08 bits per heavy atom. The summed E-state index contributed by atoms with van der Waals surface area (Å²) in [4.78, 5) is 24.4. The highest BCUT2D eigenvalue weighted by molar-refractivity contribution is 5.84. The minimum absolute atomic E-state index is 0.0470. The number of hydrogen-bond acceptors (Lipinski definition) is 3. The van der Waals surface area contributed by atoms with Gasteiger partial charge in [0.2, 0.25) is 5.91 Å². The van der Waals surface area contributed by atoms with Crippen molar-refractivity contribution in [2.24, 2.45) is 5.92 Å². The summed E-state index contributed by atoms with van der Waals surface area (Å²) in [6.45, 7) is 0. The Labute approximate surface area is 153 Å². The number of carbonyl (C=O) groups excluding carboxylic acids is 2. The summed E-state index contributed by atoms with van der Waals surface area (Å²) in [6, 6.07) is 5.58. The van der Waals surface area contributed by atoms with Crippen LogP contribution in [0.4, 0.5) is 14.9 Å². The van der Waals surface area contributed by atoms with E-state index in [2.05, 4.69) is 22.8 Å². The first-order valence-corrected chi connectivity index (χ1v) is 9.29. The molecular formula is C20H25FN2O3. The van der Waals surface area contributed by atoms with Gasteiger partial charge in [-0.2, -0.15) is 0 Å². The van der Waals surface area contributed by atoms with Gasteiger partial charge in [0.15, 0.2) is 0 Å². The fourth-order valence-corrected chi connectivity index (χ4v) is 3.57. The molecule has 26 heavy (non-hydrogen) atoms. The van der Waals surface area contributed by atoms with Crippen molar-refractivity contribution in [1.82, 2.24) is 5.32 Å². The molecule has 0 aliphatic heterocycles. The molecule has 2 N–H and O–H groups in total. The molecule has 0 spiro atoms. The van der Waals surface area contributed by atoms with Gasteiger partial charge in [-0.15, -0.1) is 0 Å². The van der Waals surface area contributed by atoms with E-state index in [9.17, 15) is 14.0 Å². The van der Waals surface area contributed by atoms with Crippen LogP contribution in [0.15, 0.2) is 36.4 Å². The Morgan fingerprint density at radius 2 is 1.88 bits per heavy atom. The molecule has 3 rings (SSSR count). The van der Waals surface area contributed by atoms with E-state index in [0.717, 1.165) is 38.5 Å². The van der Waals surface area contributed by atoms with Crippen molar-refractivity contribution in [1.29, 1.82) is 0 Å². The third-order valence-electron chi connectivity index (χ3n) is 4.98. The summed E-state index contributed by atoms with van der Waals surface area (Å²) in [7, 11) is 0. The van der Waals surface area contributed by atoms with Crippen LogP contribution in [0, 0.1) is 11.7 Å². The van der Waals surface area contributed by atoms with Crippen molar-refractivity contribution in [3.05, 3.63) is 42.2 Å². The standard InChI is InChI=1S/C20H25FN2O3/c21-15-9-11-16(12-10-15)23-20(25)26-18-8-4-7-17(13-18)22-19(24)14-5-2-1-3-6-14/h1-2,9-12,14,17-18H,3-8,13H2,(H,22,24)(H,23,25)/t14-,17+,18-/m0/s1. The molecule has 0 heterocycles. The fourth-order valence-electron chi connectivity index (χ4n) is 3.57. The van der Waals surface area contributed by atoms with Crippen molar-refractivity contribution in [3.8, 4) is 0 Å². The van der Waals surface area contributed by atoms with Crippen molar-refractivity contribution >= 4 is 17.7 Å². The third kappa shape index (κ3) is 5.31. The Morgan fingerprint density at radius 3 is 2.62 bits per heavy atom. The van der Waals surface area contributed by atoms with Gasteiger partial charge in [-0.05, 0) is 62.8 Å². The molecule has 0 aromatic heterocycles. The maximum absolute atomic E-state index is 12.9. The van der Waals surface area contributed by atoms with Gasteiger partial charge in [0.25, 0.3) is 0 Å². The van der Waals surface area contributed by atoms with Gasteiger partial charge in [-0.1, -0.05) is 12.2 Å². The summed E-state index contributed by atoms with van der Waals surface area (Å²) in [6.07, 6.45) is 9.31. The number of halogens is 1. The lowest BCUT2D eigenvalue weighted by Crippen LogP contribution is -2.43. The number of hydrogen-bond donors (Lipinski definition) is 2. The first kappa shape index (κ1) is 18.4. The number of benzene rings is 1. The maximum atomic E-state index is 12.9. The zero-order valence-corrected chi connectivity index (χ0v) is 14.7. The first-order valence-electron chi connectivity index (χ1n) is 9.29. The number of allylic oxidation sites excluding steroid dienone is 2. The van der Waals surface area contributed by atoms with Crippen molar-refractivity contribution in [2.45, 2.75) is 57.1 Å². The SMILES string of the molecule is O=C(Nc1ccc(F)cc1)O[C@H]1CCC[C@@H](NC(=O)[C@H]2CC=CCC2)C1. The van der Waals surface area contributed by atoms with Crippen LogP contribution in [0.1, 0.15) is 44.9 Å². The van der Waals surface area contributed by atoms with Gasteiger partial charge in [0.1, 0.15) is 11.9 Å². The topological polar surface area (TPSA) is 67.4 Å². The lowest BCUT2D eigenvalue weighted by Gasteiger charge is -2.30. The van der Waals surface area contributed by atoms with Crippen LogP contribution in [-0.4, -0.2) is 24.1 Å². The molecule has 6 heteroatoms. The summed E-state index contributed by atoms with van der Waals surface area (Å²) in [5.41, 5.74) is 0.488. The zero-order valence-electron chi connectivity index (χ0n) is 14.7. The van der Waals surface area contributed by atoms with Gasteiger partial charge in [-0.25, -0.2) is 9.18 Å². The molecule has 1 saturated carbocycles. The predicted octanol–water partition coefficient (Wildman–Crippen LogP) is 4.16. The van der Waals surface area contributed by atoms with E-state index in [1.54, 1.807) is 0 Å². The molecule has 1 aromatic carbocycles. The molecule has 1 aromatic rings. The maximum Gasteiger partial charge on any atom is 0.411 e. The van der Waals surface area contributed by atoms with E-state index >= 15 is 0 Å². The van der Waals surface area contributed by atoms with Crippen LogP contribution in [0.2, 0.25) is 0 Å². The fraction of sp³-hybridized carbons (Fsp3) is 0.500. The highest BCUT2D eigenvalue weighted by atomic mass is 19.1. The van der Waals surface area contributed by atoms with Crippen LogP contribution >= 0.6 is 0 Å². The van der Waals surface area contributed by atoms with E-state index < -0.39 is 6.09 Å². The van der Waals surface area contributed by atoms with E-state index in [1.807, 2.05) is 0 Å². The molecule has 140 valence electrons. The normalized spacial score (nSPS) is 25.3. The molecule has 2 aliphatic rings. The Balaban J connectivity index is 1.45. The summed E-state index contributed by atoms with van der Waals surface area (Å²) >= 11 is 0. The summed E-state index contributed by atoms with van der Waals surface area (Å²) in [5.74, 6) is -0.193. The number of anilines is 1. The number of nitrogens with one attached hydrogen (secondary N) is 2. The van der Waals surface area contributed by atoms with Crippen LogP contribution < -0.4 is 10.6 Å². The number of ether oxygens (including phenoxy) is 1. The number of rotatable bonds is 4. The summed E-state index contributed by atoms with van der Waals surface area (Å²) in [5, 5.41) is 5.72. The zero-order chi connectivity index (χ0) is 18.4. The smallest absolute Gasteiger partial charge is 0.411 e. The Hall–Kier alpha value is -2.37. The van der Waals surface area contributed by atoms with E-state index in [4.69, 9.17) is 4.74 Å². The van der Waals surface area contributed by atoms with Crippen molar-refractivity contribution in [2.75, 3.05) is 5.32 Å². The molecule has 2 aliphatic carbocycles. The highest BCUT2D eigenvalue weighted by Gasteiger charge is 2.28. The molecular weight excluding hydrogens is 335 g/mol. The first-order chi connectivity index (χ1) is 12.6. The molecule has 3 atom stereocenters. The molecule has 5 nitrogen and oxygen atoms in total. The predicted molar refractivity (Wildman–Crippen MR) is 97.2 cm³/mol. The monoisotopic (exact) mass is 360 g/mol. The quantitative estimate of drug-likeness (QED) is 0.793. The van der Waals surface area contributed by atoms with Crippen LogP contribution in [0.5, 0.6) is 0 Å². The van der Waals surface area contributed by atoms with Gasteiger partial charge in [0.05, 0.1) is 0 Å². The minimum Gasteiger partial charge on any atom is -0.446 e. The lowest BCUT2D eigenvalue weighted by atomic mass is 9.90. The van der Waals surface area contributed by atoms with Gasteiger partial charge in [-0.3, -0.25) is 10.1 Å². The van der Waals surface area contributed by atoms with E-state index in [1.165, 1.54) is 24.3 Å². The Kier molecular flexibility index (Phi) is 6.26. The average molecular weight is 360 g/mol. The van der Waals surface area contributed by atoms with Gasteiger partial charge in [0, 0.05) is 24.1 Å². The largest absolute Gasteiger partial charge is 0.446 e. The molecule has 0 unspecified atom stereocenters. The molecule has 0 radical (unpaired) electrons. The van der Waals surface area contributed by atoms with E-state index in [0.29, 0.717) is 12.1 Å². The van der Waals surface area contributed by atoms with Crippen LogP contribution in [-0.2, 0) is 9.53 Å². The second-order valence-corrected chi connectivity index (χ2v) is 7.01. The van der Waals surface area contributed by atoms with Crippen molar-refractivity contribution in [3.63, 3.8) is 0 Å². The second-order valence-electron chi connectivity index (χ2n) is 7.01. The third-order valence-corrected chi connectivity index (χ3v) is 4.98. The minimum atomic E-state index is -0.550. The van der Waals surface area contributed by atoms with Gasteiger partial charge < -0.3 is 10.1 Å². The van der Waals surface area contributed by atoms with Crippen LogP contribution in [0.3, 0.4) is 0 Å². The Bertz CT molecular complexity index is 660. The lowest BCUT2D eigenvalue weighted by molar-refractivity contribution is -0.126. The average Bonchev–Trinajstić information content (AvgIpc) is 2.64. The van der Waals surface area contributed by atoms with Crippen LogP contribution in [0.25, 0.3) is 0 Å². The molecule has 0 saturated heterocycles. The molecule has 1 fully saturated rings. The van der Waals surface area contributed by atoms with Crippen molar-refractivity contribution < 1.29 is 18.7 Å². The summed E-state index contributed by atoms with van der Waals surface area (Å²) < 4.78 is 18.4. The molecule has 2 amide bonds. The number of amides is 2. The van der Waals surface area contributed by atoms with E-state index in [-0.39, 0.29) is 29.8 Å².